The average molecular weight is 262 g/mol. The zero-order valence-corrected chi connectivity index (χ0v) is 12.0. The topological polar surface area (TPSA) is 63.2 Å². The van der Waals surface area contributed by atoms with Crippen molar-refractivity contribution in [3.05, 3.63) is 12.0 Å². The molecule has 0 aliphatic rings. The van der Waals surface area contributed by atoms with Gasteiger partial charge in [-0.2, -0.15) is 10.3 Å². The van der Waals surface area contributed by atoms with Crippen LogP contribution in [0.4, 0.5) is 5.82 Å². The molecule has 5 nitrogen and oxygen atoms in total. The molecular weight excluding hydrogens is 240 g/mol. The molecule has 0 atom stereocenters. The van der Waals surface area contributed by atoms with E-state index in [-0.39, 0.29) is 0 Å². The molecule has 0 spiro atoms. The fourth-order valence-electron chi connectivity index (χ4n) is 1.83. The van der Waals surface area contributed by atoms with Crippen LogP contribution in [0.25, 0.3) is 0 Å². The van der Waals surface area contributed by atoms with Gasteiger partial charge in [-0.3, -0.25) is 0 Å². The first-order chi connectivity index (χ1) is 9.26. The van der Waals surface area contributed by atoms with Gasteiger partial charge in [0.25, 0.3) is 0 Å². The maximum atomic E-state index is 9.13. The molecule has 104 valence electrons. The number of aromatic nitrogens is 2. The first kappa shape index (κ1) is 15.2. The molecular formula is C14H22N4O. The van der Waals surface area contributed by atoms with Gasteiger partial charge in [-0.25, -0.2) is 4.98 Å². The molecule has 0 aromatic carbocycles. The van der Waals surface area contributed by atoms with E-state index in [4.69, 9.17) is 10.00 Å². The van der Waals surface area contributed by atoms with E-state index < -0.39 is 0 Å². The molecule has 19 heavy (non-hydrogen) atoms. The van der Waals surface area contributed by atoms with Crippen LogP contribution in [0, 0.1) is 11.3 Å². The number of nitrogens with zero attached hydrogens (tertiary/aromatic N) is 4. The van der Waals surface area contributed by atoms with E-state index in [1.807, 2.05) is 6.92 Å². The van der Waals surface area contributed by atoms with E-state index >= 15 is 0 Å². The lowest BCUT2D eigenvalue weighted by Gasteiger charge is -2.04. The second-order valence-electron chi connectivity index (χ2n) is 4.33. The monoisotopic (exact) mass is 262 g/mol. The third-order valence-corrected chi connectivity index (χ3v) is 2.98. The summed E-state index contributed by atoms with van der Waals surface area (Å²) in [6.07, 6.45) is 7.09. The highest BCUT2D eigenvalue weighted by Crippen LogP contribution is 2.17. The molecule has 5 heteroatoms. The fraction of sp³-hybridized carbons (Fsp3) is 0.643. The van der Waals surface area contributed by atoms with Gasteiger partial charge >= 0.3 is 0 Å². The Morgan fingerprint density at radius 3 is 2.79 bits per heavy atom. The van der Waals surface area contributed by atoms with Crippen molar-refractivity contribution in [2.75, 3.05) is 7.11 Å². The zero-order chi connectivity index (χ0) is 14.1. The quantitative estimate of drug-likeness (QED) is 0.429. The van der Waals surface area contributed by atoms with Crippen LogP contribution in [-0.4, -0.2) is 22.6 Å². The van der Waals surface area contributed by atoms with Crippen LogP contribution in [0.3, 0.4) is 0 Å². The molecule has 0 saturated heterocycles. The summed E-state index contributed by atoms with van der Waals surface area (Å²) in [6, 6.07) is 2.14. The summed E-state index contributed by atoms with van der Waals surface area (Å²) < 4.78 is 7.05. The minimum atomic E-state index is 0.455. The molecule has 0 fully saturated rings. The summed E-state index contributed by atoms with van der Waals surface area (Å²) >= 11 is 0. The van der Waals surface area contributed by atoms with Crippen molar-refractivity contribution in [2.45, 2.75) is 52.5 Å². The number of aliphatic imine (C=N–C) groups is 1. The van der Waals surface area contributed by atoms with E-state index in [0.717, 1.165) is 12.8 Å². The van der Waals surface area contributed by atoms with E-state index in [1.165, 1.54) is 19.3 Å². The summed E-state index contributed by atoms with van der Waals surface area (Å²) in [7, 11) is 1.61. The number of unbranched alkanes of at least 4 members (excludes halogenated alkanes) is 3. The molecule has 1 heterocycles. The van der Waals surface area contributed by atoms with E-state index in [2.05, 4.69) is 23.0 Å². The second kappa shape index (κ2) is 8.30. The van der Waals surface area contributed by atoms with Gasteiger partial charge in [-0.1, -0.05) is 26.2 Å². The van der Waals surface area contributed by atoms with Crippen LogP contribution in [0.2, 0.25) is 0 Å². The Labute approximate surface area is 114 Å². The zero-order valence-electron chi connectivity index (χ0n) is 12.0. The first-order valence-electron chi connectivity index (χ1n) is 6.83. The van der Waals surface area contributed by atoms with Crippen LogP contribution in [0.1, 0.15) is 51.6 Å². The van der Waals surface area contributed by atoms with Crippen LogP contribution >= 0.6 is 0 Å². The number of hydrogen-bond donors (Lipinski definition) is 0. The maximum absolute atomic E-state index is 9.13. The van der Waals surface area contributed by atoms with Crippen LogP contribution in [0.5, 0.6) is 0 Å². The van der Waals surface area contributed by atoms with Gasteiger partial charge in [0, 0.05) is 13.0 Å². The van der Waals surface area contributed by atoms with Gasteiger partial charge in [-0.05, 0) is 13.3 Å². The lowest BCUT2D eigenvalue weighted by atomic mass is 10.1. The number of methoxy groups -OCH3 is 1. The highest BCUT2D eigenvalue weighted by Gasteiger charge is 2.10. The average Bonchev–Trinajstić information content (AvgIpc) is 2.83. The molecule has 0 saturated carbocycles. The number of nitriles is 1. The summed E-state index contributed by atoms with van der Waals surface area (Å²) in [6.45, 7) is 4.87. The van der Waals surface area contributed by atoms with Crippen molar-refractivity contribution >= 4 is 11.7 Å². The Kier molecular flexibility index (Phi) is 6.65. The predicted octanol–water partition coefficient (Wildman–Crippen LogP) is 3.42. The predicted molar refractivity (Wildman–Crippen MR) is 75.5 cm³/mol. The van der Waals surface area contributed by atoms with Gasteiger partial charge in [0.05, 0.1) is 13.4 Å². The van der Waals surface area contributed by atoms with Crippen molar-refractivity contribution < 1.29 is 4.74 Å². The Balaban J connectivity index is 2.75. The third kappa shape index (κ3) is 4.40. The summed E-state index contributed by atoms with van der Waals surface area (Å²) in [5.74, 6) is 1.10. The number of rotatable bonds is 7. The fourth-order valence-corrected chi connectivity index (χ4v) is 1.83. The van der Waals surface area contributed by atoms with Crippen LogP contribution in [-0.2, 0) is 11.3 Å². The number of ether oxygens (including phenoxy) is 1. The Hall–Kier alpha value is -1.83. The minimum Gasteiger partial charge on any atom is -0.484 e. The van der Waals surface area contributed by atoms with Gasteiger partial charge in [0.15, 0.2) is 17.4 Å². The Bertz CT molecular complexity index is 457. The molecule has 0 radical (unpaired) electrons. The smallest absolute Gasteiger partial charge is 0.191 e. The minimum absolute atomic E-state index is 0.455. The second-order valence-corrected chi connectivity index (χ2v) is 4.33. The van der Waals surface area contributed by atoms with Crippen molar-refractivity contribution in [3.63, 3.8) is 0 Å². The number of imidazole rings is 1. The standard InChI is InChI=1S/C14H22N4O/c1-4-6-7-8-9-13(19-3)17-14-12(10-15)18(5-2)11-16-14/h11H,4-9H2,1-3H3. The van der Waals surface area contributed by atoms with Gasteiger partial charge < -0.3 is 9.30 Å². The molecule has 0 amide bonds. The van der Waals surface area contributed by atoms with Crippen molar-refractivity contribution in [3.8, 4) is 6.07 Å². The molecule has 1 aromatic rings. The normalized spacial score (nSPS) is 11.4. The van der Waals surface area contributed by atoms with E-state index in [0.29, 0.717) is 24.0 Å². The molecule has 0 aliphatic carbocycles. The first-order valence-corrected chi connectivity index (χ1v) is 6.83. The summed E-state index contributed by atoms with van der Waals surface area (Å²) in [5.41, 5.74) is 0.491. The highest BCUT2D eigenvalue weighted by molar-refractivity contribution is 5.79. The lowest BCUT2D eigenvalue weighted by molar-refractivity contribution is 0.387. The van der Waals surface area contributed by atoms with Crippen molar-refractivity contribution in [2.24, 2.45) is 4.99 Å². The Morgan fingerprint density at radius 1 is 1.42 bits per heavy atom. The molecule has 0 N–H and O–H groups in total. The summed E-state index contributed by atoms with van der Waals surface area (Å²) in [5, 5.41) is 9.13. The third-order valence-electron chi connectivity index (χ3n) is 2.98. The maximum Gasteiger partial charge on any atom is 0.191 e. The number of hydrogen-bond acceptors (Lipinski definition) is 4. The van der Waals surface area contributed by atoms with Crippen molar-refractivity contribution in [1.29, 1.82) is 5.26 Å². The van der Waals surface area contributed by atoms with Gasteiger partial charge in [0.1, 0.15) is 6.07 Å². The molecule has 0 bridgehead atoms. The van der Waals surface area contributed by atoms with Gasteiger partial charge in [0.2, 0.25) is 0 Å². The molecule has 0 aliphatic heterocycles. The highest BCUT2D eigenvalue weighted by atomic mass is 16.5. The SMILES string of the molecule is CCCCCCC(=Nc1ncn(CC)c1C#N)OC. The Morgan fingerprint density at radius 2 is 2.21 bits per heavy atom. The largest absolute Gasteiger partial charge is 0.484 e. The molecule has 1 rings (SSSR count). The van der Waals surface area contributed by atoms with Crippen LogP contribution in [0.15, 0.2) is 11.3 Å². The van der Waals surface area contributed by atoms with Gasteiger partial charge in [-0.15, -0.1) is 0 Å². The lowest BCUT2D eigenvalue weighted by Crippen LogP contribution is -2.01. The molecule has 0 unspecified atom stereocenters. The van der Waals surface area contributed by atoms with E-state index in [9.17, 15) is 0 Å². The summed E-state index contributed by atoms with van der Waals surface area (Å²) in [4.78, 5) is 8.52. The van der Waals surface area contributed by atoms with Crippen LogP contribution < -0.4 is 0 Å². The van der Waals surface area contributed by atoms with Crippen molar-refractivity contribution in [1.82, 2.24) is 9.55 Å². The number of aryl methyl sites for hydroxylation is 1. The van der Waals surface area contributed by atoms with E-state index in [1.54, 1.807) is 18.0 Å². The molecule has 1 aromatic heterocycles.